The van der Waals surface area contributed by atoms with Gasteiger partial charge in [-0.3, -0.25) is 0 Å². The van der Waals surface area contributed by atoms with Gasteiger partial charge in [-0.15, -0.1) is 0 Å². The summed E-state index contributed by atoms with van der Waals surface area (Å²) in [6.45, 7) is 3.00. The summed E-state index contributed by atoms with van der Waals surface area (Å²) in [7, 11) is 0. The molecule has 5 heteroatoms. The summed E-state index contributed by atoms with van der Waals surface area (Å²) in [5.74, 6) is -2.68. The summed E-state index contributed by atoms with van der Waals surface area (Å²) >= 11 is 0. The van der Waals surface area contributed by atoms with Gasteiger partial charge in [-0.05, 0) is 41.0 Å². The van der Waals surface area contributed by atoms with Crippen molar-refractivity contribution < 1.29 is 19.1 Å². The minimum Gasteiger partial charge on any atom is -0.419 e. The Morgan fingerprint density at radius 1 is 0.960 bits per heavy atom. The van der Waals surface area contributed by atoms with Gasteiger partial charge < -0.3 is 9.47 Å². The Hall–Kier alpha value is -3.39. The van der Waals surface area contributed by atoms with Crippen molar-refractivity contribution in [3.8, 4) is 17.2 Å². The van der Waals surface area contributed by atoms with Crippen LogP contribution >= 0.6 is 0 Å². The van der Waals surface area contributed by atoms with Crippen LogP contribution in [0.1, 0.15) is 25.0 Å². The fraction of sp³-hybridized carbons (Fsp3) is 0.150. The van der Waals surface area contributed by atoms with E-state index in [9.17, 15) is 9.59 Å². The standard InChI is InChI=1S/C20H15NO4/c1-20(2)24-18(22)17(19(23)25-20)11-13-5-3-7-15(9-13)16-8-4-6-14(10-16)12-21/h3-11H,1-2H3. The van der Waals surface area contributed by atoms with E-state index in [0.717, 1.165) is 11.1 Å². The number of carbonyl (C=O) groups is 2. The van der Waals surface area contributed by atoms with Gasteiger partial charge in [-0.25, -0.2) is 9.59 Å². The van der Waals surface area contributed by atoms with Crippen molar-refractivity contribution in [3.63, 3.8) is 0 Å². The highest BCUT2D eigenvalue weighted by molar-refractivity contribution is 6.18. The predicted molar refractivity (Wildman–Crippen MR) is 90.8 cm³/mol. The van der Waals surface area contributed by atoms with E-state index >= 15 is 0 Å². The summed E-state index contributed by atoms with van der Waals surface area (Å²) in [6, 6.07) is 16.6. The van der Waals surface area contributed by atoms with Gasteiger partial charge in [0, 0.05) is 13.8 Å². The van der Waals surface area contributed by atoms with Crippen molar-refractivity contribution in [2.45, 2.75) is 19.6 Å². The number of cyclic esters (lactones) is 2. The van der Waals surface area contributed by atoms with Gasteiger partial charge in [0.05, 0.1) is 11.6 Å². The minimum atomic E-state index is -1.26. The molecule has 0 unspecified atom stereocenters. The van der Waals surface area contributed by atoms with Crippen LogP contribution < -0.4 is 0 Å². The molecule has 3 rings (SSSR count). The Morgan fingerprint density at radius 2 is 1.56 bits per heavy atom. The fourth-order valence-electron chi connectivity index (χ4n) is 2.52. The first-order chi connectivity index (χ1) is 11.9. The molecule has 1 fully saturated rings. The lowest BCUT2D eigenvalue weighted by Gasteiger charge is -2.29. The van der Waals surface area contributed by atoms with Gasteiger partial charge in [0.1, 0.15) is 5.57 Å². The van der Waals surface area contributed by atoms with E-state index in [-0.39, 0.29) is 5.57 Å². The van der Waals surface area contributed by atoms with Crippen molar-refractivity contribution in [1.29, 1.82) is 5.26 Å². The number of rotatable bonds is 2. The molecule has 0 aliphatic carbocycles. The first-order valence-electron chi connectivity index (χ1n) is 7.67. The first-order valence-corrected chi connectivity index (χ1v) is 7.67. The van der Waals surface area contributed by atoms with Crippen LogP contribution in [0.25, 0.3) is 17.2 Å². The lowest BCUT2D eigenvalue weighted by atomic mass is 10.0. The molecule has 1 aliphatic rings. The van der Waals surface area contributed by atoms with Crippen LogP contribution in [0.3, 0.4) is 0 Å². The second-order valence-corrected chi connectivity index (χ2v) is 6.05. The smallest absolute Gasteiger partial charge is 0.348 e. The number of carbonyl (C=O) groups excluding carboxylic acids is 2. The normalized spacial score (nSPS) is 15.8. The highest BCUT2D eigenvalue weighted by atomic mass is 16.7. The van der Waals surface area contributed by atoms with E-state index in [0.29, 0.717) is 11.1 Å². The van der Waals surface area contributed by atoms with Crippen LogP contribution in [-0.2, 0) is 19.1 Å². The largest absolute Gasteiger partial charge is 0.419 e. The maximum atomic E-state index is 12.0. The van der Waals surface area contributed by atoms with Crippen molar-refractivity contribution in [2.75, 3.05) is 0 Å². The third kappa shape index (κ3) is 3.59. The zero-order chi connectivity index (χ0) is 18.0. The number of nitrogens with zero attached hydrogens (tertiary/aromatic N) is 1. The number of ether oxygens (including phenoxy) is 2. The molecule has 0 amide bonds. The van der Waals surface area contributed by atoms with Crippen molar-refractivity contribution in [2.24, 2.45) is 0 Å². The molecule has 5 nitrogen and oxygen atoms in total. The Bertz CT molecular complexity index is 913. The fourth-order valence-corrected chi connectivity index (χ4v) is 2.52. The molecular weight excluding hydrogens is 318 g/mol. The topological polar surface area (TPSA) is 76.4 Å². The van der Waals surface area contributed by atoms with Gasteiger partial charge in [-0.2, -0.15) is 5.26 Å². The Kier molecular flexibility index (Phi) is 4.12. The Balaban J connectivity index is 1.96. The Labute approximate surface area is 145 Å². The summed E-state index contributed by atoms with van der Waals surface area (Å²) in [6.07, 6.45) is 1.44. The van der Waals surface area contributed by atoms with Crippen molar-refractivity contribution in [3.05, 3.63) is 65.2 Å². The Morgan fingerprint density at radius 3 is 2.20 bits per heavy atom. The summed E-state index contributed by atoms with van der Waals surface area (Å²) in [5.41, 5.74) is 2.80. The SMILES string of the molecule is CC1(C)OC(=O)C(=Cc2cccc(-c3cccc(C#N)c3)c2)C(=O)O1. The third-order valence-corrected chi connectivity index (χ3v) is 3.64. The molecule has 0 aromatic heterocycles. The average molecular weight is 333 g/mol. The summed E-state index contributed by atoms with van der Waals surface area (Å²) < 4.78 is 10.2. The molecule has 0 atom stereocenters. The van der Waals surface area contributed by atoms with E-state index in [1.54, 1.807) is 24.3 Å². The third-order valence-electron chi connectivity index (χ3n) is 3.64. The average Bonchev–Trinajstić information content (AvgIpc) is 2.58. The highest BCUT2D eigenvalue weighted by Crippen LogP contribution is 2.26. The minimum absolute atomic E-state index is 0.151. The van der Waals surface area contributed by atoms with Crippen LogP contribution in [0.2, 0.25) is 0 Å². The van der Waals surface area contributed by atoms with Gasteiger partial charge >= 0.3 is 11.9 Å². The van der Waals surface area contributed by atoms with Crippen molar-refractivity contribution >= 4 is 18.0 Å². The van der Waals surface area contributed by atoms with Crippen molar-refractivity contribution in [1.82, 2.24) is 0 Å². The van der Waals surface area contributed by atoms with Crippen LogP contribution in [0.15, 0.2) is 54.1 Å². The quantitative estimate of drug-likeness (QED) is 0.478. The van der Waals surface area contributed by atoms with Gasteiger partial charge in [0.2, 0.25) is 0 Å². The molecule has 1 heterocycles. The molecule has 0 spiro atoms. The molecule has 2 aromatic carbocycles. The molecule has 2 aromatic rings. The molecule has 0 radical (unpaired) electrons. The highest BCUT2D eigenvalue weighted by Gasteiger charge is 2.38. The van der Waals surface area contributed by atoms with E-state index < -0.39 is 17.7 Å². The van der Waals surface area contributed by atoms with E-state index in [4.69, 9.17) is 14.7 Å². The zero-order valence-electron chi connectivity index (χ0n) is 13.8. The number of hydrogen-bond donors (Lipinski definition) is 0. The van der Waals surface area contributed by atoms with E-state index in [1.807, 2.05) is 24.3 Å². The van der Waals surface area contributed by atoms with Gasteiger partial charge in [0.15, 0.2) is 0 Å². The van der Waals surface area contributed by atoms with E-state index in [1.165, 1.54) is 19.9 Å². The number of hydrogen-bond acceptors (Lipinski definition) is 5. The molecule has 124 valence electrons. The van der Waals surface area contributed by atoms with Crippen LogP contribution in [-0.4, -0.2) is 17.7 Å². The molecule has 0 saturated carbocycles. The van der Waals surface area contributed by atoms with Gasteiger partial charge in [0.25, 0.3) is 5.79 Å². The lowest BCUT2D eigenvalue weighted by Crippen LogP contribution is -2.41. The molecule has 1 saturated heterocycles. The first kappa shape index (κ1) is 16.5. The predicted octanol–water partition coefficient (Wildman–Crippen LogP) is 3.44. The summed E-state index contributed by atoms with van der Waals surface area (Å²) in [5, 5.41) is 9.02. The second kappa shape index (κ2) is 6.25. The van der Waals surface area contributed by atoms with E-state index in [2.05, 4.69) is 6.07 Å². The second-order valence-electron chi connectivity index (χ2n) is 6.05. The zero-order valence-corrected chi connectivity index (χ0v) is 13.8. The molecule has 1 aliphatic heterocycles. The lowest BCUT2D eigenvalue weighted by molar-refractivity contribution is -0.222. The number of nitriles is 1. The van der Waals surface area contributed by atoms with Crippen LogP contribution in [0.5, 0.6) is 0 Å². The monoisotopic (exact) mass is 333 g/mol. The molecule has 0 N–H and O–H groups in total. The maximum absolute atomic E-state index is 12.0. The molecule has 0 bridgehead atoms. The van der Waals surface area contributed by atoms with Crippen LogP contribution in [0.4, 0.5) is 0 Å². The molecule has 25 heavy (non-hydrogen) atoms. The maximum Gasteiger partial charge on any atom is 0.348 e. The molecular formula is C20H15NO4. The number of benzene rings is 2. The number of esters is 2. The van der Waals surface area contributed by atoms with Crippen LogP contribution in [0, 0.1) is 11.3 Å². The van der Waals surface area contributed by atoms with Gasteiger partial charge in [-0.1, -0.05) is 30.3 Å². The summed E-state index contributed by atoms with van der Waals surface area (Å²) in [4.78, 5) is 24.1.